The first-order chi connectivity index (χ1) is 11.9. The van der Waals surface area contributed by atoms with Crippen molar-refractivity contribution in [3.05, 3.63) is 29.3 Å². The highest BCUT2D eigenvalue weighted by molar-refractivity contribution is 5.77. The van der Waals surface area contributed by atoms with Crippen molar-refractivity contribution < 1.29 is 19.4 Å². The van der Waals surface area contributed by atoms with Gasteiger partial charge in [0.05, 0.1) is 6.54 Å². The molecule has 0 spiro atoms. The third-order valence-electron chi connectivity index (χ3n) is 4.75. The van der Waals surface area contributed by atoms with Gasteiger partial charge in [-0.3, -0.25) is 14.5 Å². The van der Waals surface area contributed by atoms with E-state index >= 15 is 0 Å². The molecule has 1 aromatic carbocycles. The summed E-state index contributed by atoms with van der Waals surface area (Å²) < 4.78 is 5.72. The van der Waals surface area contributed by atoms with Crippen LogP contribution in [0.5, 0.6) is 5.75 Å². The SMILES string of the molecule is Cc1ccc(C)c(OCC(=O)N2CCCC(N(C)CC(=O)O)CC2)c1. The normalized spacial score (nSPS) is 18.1. The fraction of sp³-hybridized carbons (Fsp3) is 0.579. The maximum Gasteiger partial charge on any atom is 0.317 e. The van der Waals surface area contributed by atoms with Crippen molar-refractivity contribution in [3.8, 4) is 5.75 Å². The molecule has 0 saturated carbocycles. The molecule has 1 atom stereocenters. The van der Waals surface area contributed by atoms with E-state index in [1.165, 1.54) is 0 Å². The van der Waals surface area contributed by atoms with Crippen molar-refractivity contribution in [2.45, 2.75) is 39.2 Å². The topological polar surface area (TPSA) is 70.1 Å². The number of amides is 1. The number of ether oxygens (including phenoxy) is 1. The van der Waals surface area contributed by atoms with Gasteiger partial charge in [-0.05, 0) is 57.4 Å². The van der Waals surface area contributed by atoms with E-state index < -0.39 is 5.97 Å². The number of hydrogen-bond donors (Lipinski definition) is 1. The summed E-state index contributed by atoms with van der Waals surface area (Å²) in [6.45, 7) is 5.38. The number of carboxylic acids is 1. The fourth-order valence-electron chi connectivity index (χ4n) is 3.20. The molecule has 0 bridgehead atoms. The number of benzene rings is 1. The zero-order chi connectivity index (χ0) is 18.4. The van der Waals surface area contributed by atoms with E-state index in [1.807, 2.05) is 48.9 Å². The Labute approximate surface area is 149 Å². The predicted molar refractivity (Wildman–Crippen MR) is 95.9 cm³/mol. The molecule has 1 unspecified atom stereocenters. The second kappa shape index (κ2) is 8.85. The molecule has 1 amide bonds. The summed E-state index contributed by atoms with van der Waals surface area (Å²) in [6, 6.07) is 6.16. The molecule has 0 radical (unpaired) electrons. The van der Waals surface area contributed by atoms with E-state index in [0.717, 1.165) is 36.1 Å². The summed E-state index contributed by atoms with van der Waals surface area (Å²) in [4.78, 5) is 27.0. The van der Waals surface area contributed by atoms with Crippen LogP contribution in [0.4, 0.5) is 0 Å². The van der Waals surface area contributed by atoms with Crippen LogP contribution in [-0.4, -0.2) is 66.1 Å². The summed E-state index contributed by atoms with van der Waals surface area (Å²) in [5.74, 6) is -0.0775. The van der Waals surface area contributed by atoms with Crippen LogP contribution >= 0.6 is 0 Å². The smallest absolute Gasteiger partial charge is 0.317 e. The Morgan fingerprint density at radius 1 is 1.28 bits per heavy atom. The third-order valence-corrected chi connectivity index (χ3v) is 4.75. The van der Waals surface area contributed by atoms with E-state index in [4.69, 9.17) is 9.84 Å². The molecule has 1 aromatic rings. The van der Waals surface area contributed by atoms with Crippen LogP contribution in [0.25, 0.3) is 0 Å². The third kappa shape index (κ3) is 5.74. The molecule has 138 valence electrons. The molecule has 2 rings (SSSR count). The first-order valence-corrected chi connectivity index (χ1v) is 8.76. The van der Waals surface area contributed by atoms with Crippen LogP contribution in [0.1, 0.15) is 30.4 Å². The van der Waals surface area contributed by atoms with Gasteiger partial charge in [0.25, 0.3) is 5.91 Å². The van der Waals surface area contributed by atoms with E-state index in [9.17, 15) is 9.59 Å². The zero-order valence-corrected chi connectivity index (χ0v) is 15.3. The van der Waals surface area contributed by atoms with Crippen molar-refractivity contribution in [3.63, 3.8) is 0 Å². The number of aliphatic carboxylic acids is 1. The Morgan fingerprint density at radius 3 is 2.76 bits per heavy atom. The van der Waals surface area contributed by atoms with Crippen LogP contribution in [0.15, 0.2) is 18.2 Å². The molecule has 1 aliphatic rings. The number of likely N-dealkylation sites (N-methyl/N-ethyl adjacent to an activating group) is 1. The lowest BCUT2D eigenvalue weighted by Gasteiger charge is -2.25. The second-order valence-electron chi connectivity index (χ2n) is 6.83. The van der Waals surface area contributed by atoms with E-state index in [-0.39, 0.29) is 25.1 Å². The summed E-state index contributed by atoms with van der Waals surface area (Å²) in [5.41, 5.74) is 2.12. The van der Waals surface area contributed by atoms with Crippen LogP contribution in [0, 0.1) is 13.8 Å². The minimum atomic E-state index is -0.818. The zero-order valence-electron chi connectivity index (χ0n) is 15.3. The van der Waals surface area contributed by atoms with Crippen molar-refractivity contribution in [2.75, 3.05) is 33.3 Å². The van der Waals surface area contributed by atoms with Gasteiger partial charge in [0.2, 0.25) is 0 Å². The van der Waals surface area contributed by atoms with E-state index in [0.29, 0.717) is 13.1 Å². The average molecular weight is 348 g/mol. The van der Waals surface area contributed by atoms with Crippen LogP contribution < -0.4 is 4.74 Å². The van der Waals surface area contributed by atoms with E-state index in [2.05, 4.69) is 0 Å². The minimum absolute atomic E-state index is 0.0116. The van der Waals surface area contributed by atoms with Gasteiger partial charge in [-0.1, -0.05) is 12.1 Å². The van der Waals surface area contributed by atoms with Crippen molar-refractivity contribution in [1.82, 2.24) is 9.80 Å². The average Bonchev–Trinajstić information content (AvgIpc) is 2.81. The van der Waals surface area contributed by atoms with Crippen LogP contribution in [0.3, 0.4) is 0 Å². The van der Waals surface area contributed by atoms with Gasteiger partial charge < -0.3 is 14.7 Å². The van der Waals surface area contributed by atoms with Gasteiger partial charge in [-0.2, -0.15) is 0 Å². The minimum Gasteiger partial charge on any atom is -0.483 e. The van der Waals surface area contributed by atoms with Gasteiger partial charge in [-0.25, -0.2) is 0 Å². The number of rotatable bonds is 6. The molecule has 1 aliphatic heterocycles. The highest BCUT2D eigenvalue weighted by Crippen LogP contribution is 2.20. The number of carbonyl (C=O) groups excluding carboxylic acids is 1. The number of carbonyl (C=O) groups is 2. The number of likely N-dealkylation sites (tertiary alicyclic amines) is 1. The number of nitrogens with zero attached hydrogens (tertiary/aromatic N) is 2. The first kappa shape index (κ1) is 19.2. The molecule has 25 heavy (non-hydrogen) atoms. The first-order valence-electron chi connectivity index (χ1n) is 8.76. The van der Waals surface area contributed by atoms with Gasteiger partial charge in [0.15, 0.2) is 6.61 Å². The summed E-state index contributed by atoms with van der Waals surface area (Å²) in [6.07, 6.45) is 2.58. The maximum absolute atomic E-state index is 12.5. The molecular formula is C19H28N2O4. The number of aryl methyl sites for hydroxylation is 2. The number of hydrogen-bond acceptors (Lipinski definition) is 4. The lowest BCUT2D eigenvalue weighted by molar-refractivity contribution is -0.138. The Morgan fingerprint density at radius 2 is 2.04 bits per heavy atom. The largest absolute Gasteiger partial charge is 0.483 e. The number of carboxylic acid groups (broad SMARTS) is 1. The Kier molecular flexibility index (Phi) is 6.82. The van der Waals surface area contributed by atoms with Gasteiger partial charge in [0, 0.05) is 19.1 Å². The lowest BCUT2D eigenvalue weighted by Crippen LogP contribution is -2.38. The second-order valence-corrected chi connectivity index (χ2v) is 6.83. The molecule has 0 aliphatic carbocycles. The molecule has 1 fully saturated rings. The molecule has 6 nitrogen and oxygen atoms in total. The van der Waals surface area contributed by atoms with Crippen molar-refractivity contribution in [2.24, 2.45) is 0 Å². The van der Waals surface area contributed by atoms with Crippen molar-refractivity contribution >= 4 is 11.9 Å². The fourth-order valence-corrected chi connectivity index (χ4v) is 3.20. The molecule has 1 N–H and O–H groups in total. The van der Waals surface area contributed by atoms with Gasteiger partial charge in [0.1, 0.15) is 5.75 Å². The molecule has 0 aromatic heterocycles. The molecular weight excluding hydrogens is 320 g/mol. The maximum atomic E-state index is 12.5. The molecule has 6 heteroatoms. The Bertz CT molecular complexity index is 617. The van der Waals surface area contributed by atoms with Gasteiger partial charge in [-0.15, -0.1) is 0 Å². The lowest BCUT2D eigenvalue weighted by atomic mass is 10.1. The predicted octanol–water partition coefficient (Wildman–Crippen LogP) is 2.08. The standard InChI is InChI=1S/C19H28N2O4/c1-14-6-7-15(2)17(11-14)25-13-18(22)21-9-4-5-16(8-10-21)20(3)12-19(23)24/h6-7,11,16H,4-5,8-10,12-13H2,1-3H3,(H,23,24). The Balaban J connectivity index is 1.86. The van der Waals surface area contributed by atoms with Gasteiger partial charge >= 0.3 is 5.97 Å². The summed E-state index contributed by atoms with van der Waals surface area (Å²) in [5, 5.41) is 8.92. The van der Waals surface area contributed by atoms with Crippen LogP contribution in [0.2, 0.25) is 0 Å². The molecule has 1 saturated heterocycles. The van der Waals surface area contributed by atoms with Crippen molar-refractivity contribution in [1.29, 1.82) is 0 Å². The quantitative estimate of drug-likeness (QED) is 0.852. The monoisotopic (exact) mass is 348 g/mol. The Hall–Kier alpha value is -2.08. The summed E-state index contributed by atoms with van der Waals surface area (Å²) in [7, 11) is 1.83. The highest BCUT2D eigenvalue weighted by Gasteiger charge is 2.24. The highest BCUT2D eigenvalue weighted by atomic mass is 16.5. The van der Waals surface area contributed by atoms with E-state index in [1.54, 1.807) is 0 Å². The molecule has 1 heterocycles. The van der Waals surface area contributed by atoms with Crippen LogP contribution in [-0.2, 0) is 9.59 Å². The summed E-state index contributed by atoms with van der Waals surface area (Å²) >= 11 is 0.